The van der Waals surface area contributed by atoms with Crippen molar-refractivity contribution in [1.29, 1.82) is 0 Å². The number of carbonyl (C=O) groups is 1. The molecule has 0 fully saturated rings. The second-order valence-corrected chi connectivity index (χ2v) is 4.91. The van der Waals surface area contributed by atoms with Crippen molar-refractivity contribution >= 4 is 28.8 Å². The minimum Gasteiger partial charge on any atom is -0.347 e. The predicted octanol–water partition coefficient (Wildman–Crippen LogP) is 3.03. The third-order valence-corrected chi connectivity index (χ3v) is 3.71. The molecular formula is C12H11ClN2OS. The number of halogens is 1. The molecule has 0 saturated carbocycles. The number of hydrogen-bond donors (Lipinski definition) is 1. The predicted molar refractivity (Wildman–Crippen MR) is 69.5 cm³/mol. The van der Waals surface area contributed by atoms with Crippen molar-refractivity contribution in [1.82, 2.24) is 10.3 Å². The zero-order chi connectivity index (χ0) is 12.3. The van der Waals surface area contributed by atoms with Crippen LogP contribution in [0.15, 0.2) is 29.8 Å². The molecule has 0 spiro atoms. The highest BCUT2D eigenvalue weighted by atomic mass is 35.5. The number of carbonyl (C=O) groups excluding carboxylic acids is 1. The maximum atomic E-state index is 11.8. The second-order valence-electron chi connectivity index (χ2n) is 3.55. The molecule has 2 rings (SSSR count). The molecule has 17 heavy (non-hydrogen) atoms. The van der Waals surface area contributed by atoms with Crippen LogP contribution < -0.4 is 5.32 Å². The summed E-state index contributed by atoms with van der Waals surface area (Å²) in [4.78, 5) is 16.9. The summed E-state index contributed by atoms with van der Waals surface area (Å²) in [5.74, 6) is -0.198. The van der Waals surface area contributed by atoms with E-state index in [1.807, 2.05) is 18.4 Å². The number of nitrogens with one attached hydrogen (secondary N) is 1. The molecule has 88 valence electrons. The zero-order valence-corrected chi connectivity index (χ0v) is 10.8. The van der Waals surface area contributed by atoms with E-state index in [2.05, 4.69) is 10.3 Å². The van der Waals surface area contributed by atoms with E-state index in [0.29, 0.717) is 12.1 Å². The molecule has 1 N–H and O–H groups in total. The third-order valence-electron chi connectivity index (χ3n) is 2.38. The molecule has 0 atom stereocenters. The normalized spacial score (nSPS) is 10.2. The minimum absolute atomic E-state index is 0.198. The van der Waals surface area contributed by atoms with Crippen LogP contribution in [0.4, 0.5) is 0 Å². The Kier molecular flexibility index (Phi) is 3.76. The van der Waals surface area contributed by atoms with Crippen molar-refractivity contribution in [3.05, 3.63) is 50.9 Å². The fraction of sp³-hybridized carbons (Fsp3) is 0.167. The van der Waals surface area contributed by atoms with E-state index in [0.717, 1.165) is 4.88 Å². The van der Waals surface area contributed by atoms with Gasteiger partial charge in [-0.2, -0.15) is 0 Å². The number of pyridine rings is 1. The van der Waals surface area contributed by atoms with Gasteiger partial charge in [0.25, 0.3) is 5.91 Å². The van der Waals surface area contributed by atoms with Crippen molar-refractivity contribution in [2.75, 3.05) is 0 Å². The first-order valence-corrected chi connectivity index (χ1v) is 6.36. The standard InChI is InChI=1S/C12H11ClN2OS/c1-8-4-6-17-10(8)7-15-12(16)9-3-2-5-14-11(9)13/h2-6H,7H2,1H3,(H,15,16). The molecule has 0 radical (unpaired) electrons. The van der Waals surface area contributed by atoms with Crippen molar-refractivity contribution < 1.29 is 4.79 Å². The van der Waals surface area contributed by atoms with Gasteiger partial charge in [-0.25, -0.2) is 4.98 Å². The van der Waals surface area contributed by atoms with Gasteiger partial charge < -0.3 is 5.32 Å². The highest BCUT2D eigenvalue weighted by Crippen LogP contribution is 2.16. The number of nitrogens with zero attached hydrogens (tertiary/aromatic N) is 1. The number of aromatic nitrogens is 1. The first-order chi connectivity index (χ1) is 8.18. The van der Waals surface area contributed by atoms with Gasteiger partial charge in [-0.05, 0) is 36.1 Å². The van der Waals surface area contributed by atoms with Crippen LogP contribution in [0.1, 0.15) is 20.8 Å². The van der Waals surface area contributed by atoms with Crippen molar-refractivity contribution in [3.8, 4) is 0 Å². The van der Waals surface area contributed by atoms with E-state index in [1.165, 1.54) is 5.56 Å². The maximum absolute atomic E-state index is 11.8. The number of aryl methyl sites for hydroxylation is 1. The van der Waals surface area contributed by atoms with Gasteiger partial charge in [0.2, 0.25) is 0 Å². The molecule has 0 saturated heterocycles. The molecule has 2 aromatic heterocycles. The van der Waals surface area contributed by atoms with Gasteiger partial charge in [0.1, 0.15) is 5.15 Å². The van der Waals surface area contributed by atoms with Gasteiger partial charge in [-0.3, -0.25) is 4.79 Å². The fourth-order valence-corrected chi connectivity index (χ4v) is 2.45. The summed E-state index contributed by atoms with van der Waals surface area (Å²) < 4.78 is 0. The van der Waals surface area contributed by atoms with Gasteiger partial charge in [0.15, 0.2) is 0 Å². The van der Waals surface area contributed by atoms with E-state index >= 15 is 0 Å². The second kappa shape index (κ2) is 5.29. The molecule has 0 aliphatic heterocycles. The SMILES string of the molecule is Cc1ccsc1CNC(=O)c1cccnc1Cl. The highest BCUT2D eigenvalue weighted by Gasteiger charge is 2.10. The van der Waals surface area contributed by atoms with E-state index in [9.17, 15) is 4.79 Å². The Bertz CT molecular complexity index is 539. The van der Waals surface area contributed by atoms with Crippen LogP contribution in [0.25, 0.3) is 0 Å². The largest absolute Gasteiger partial charge is 0.347 e. The molecule has 1 amide bonds. The lowest BCUT2D eigenvalue weighted by molar-refractivity contribution is 0.0951. The summed E-state index contributed by atoms with van der Waals surface area (Å²) in [6.45, 7) is 2.54. The molecule has 3 nitrogen and oxygen atoms in total. The first kappa shape index (κ1) is 12.1. The third kappa shape index (κ3) is 2.84. The lowest BCUT2D eigenvalue weighted by atomic mass is 10.2. The van der Waals surface area contributed by atoms with Crippen molar-refractivity contribution in [3.63, 3.8) is 0 Å². The Hall–Kier alpha value is -1.39. The van der Waals surface area contributed by atoms with Crippen LogP contribution in [0.5, 0.6) is 0 Å². The minimum atomic E-state index is -0.198. The lowest BCUT2D eigenvalue weighted by Gasteiger charge is -2.05. The average Bonchev–Trinajstić information content (AvgIpc) is 2.72. The topological polar surface area (TPSA) is 42.0 Å². The quantitative estimate of drug-likeness (QED) is 0.868. The molecule has 0 unspecified atom stereocenters. The molecule has 2 aromatic rings. The first-order valence-electron chi connectivity index (χ1n) is 5.10. The summed E-state index contributed by atoms with van der Waals surface area (Å²) in [6.07, 6.45) is 1.56. The van der Waals surface area contributed by atoms with E-state index < -0.39 is 0 Å². The molecule has 5 heteroatoms. The van der Waals surface area contributed by atoms with Crippen LogP contribution in [-0.4, -0.2) is 10.9 Å². The average molecular weight is 267 g/mol. The smallest absolute Gasteiger partial charge is 0.254 e. The Morgan fingerprint density at radius 1 is 1.53 bits per heavy atom. The Labute approximate surface area is 108 Å². The molecule has 0 aliphatic rings. The van der Waals surface area contributed by atoms with Crippen molar-refractivity contribution in [2.45, 2.75) is 13.5 Å². The summed E-state index contributed by atoms with van der Waals surface area (Å²) in [5.41, 5.74) is 1.59. The zero-order valence-electron chi connectivity index (χ0n) is 9.24. The van der Waals surface area contributed by atoms with Crippen LogP contribution in [0, 0.1) is 6.92 Å². The Morgan fingerprint density at radius 3 is 3.00 bits per heavy atom. The highest BCUT2D eigenvalue weighted by molar-refractivity contribution is 7.10. The van der Waals surface area contributed by atoms with Gasteiger partial charge in [0, 0.05) is 11.1 Å². The van der Waals surface area contributed by atoms with Gasteiger partial charge >= 0.3 is 0 Å². The fourth-order valence-electron chi connectivity index (χ4n) is 1.40. The summed E-state index contributed by atoms with van der Waals surface area (Å²) in [5, 5.41) is 5.07. The molecule has 0 bridgehead atoms. The van der Waals surface area contributed by atoms with Crippen LogP contribution >= 0.6 is 22.9 Å². The van der Waals surface area contributed by atoms with Gasteiger partial charge in [-0.15, -0.1) is 11.3 Å². The molecule has 0 aromatic carbocycles. The van der Waals surface area contributed by atoms with E-state index in [1.54, 1.807) is 29.7 Å². The number of rotatable bonds is 3. The maximum Gasteiger partial charge on any atom is 0.254 e. The number of amides is 1. The number of thiophene rings is 1. The van der Waals surface area contributed by atoms with Crippen LogP contribution in [-0.2, 0) is 6.54 Å². The molecule has 0 aliphatic carbocycles. The van der Waals surface area contributed by atoms with E-state index in [4.69, 9.17) is 11.6 Å². The Balaban J connectivity index is 2.04. The monoisotopic (exact) mass is 266 g/mol. The lowest BCUT2D eigenvalue weighted by Crippen LogP contribution is -2.23. The van der Waals surface area contributed by atoms with Crippen LogP contribution in [0.3, 0.4) is 0 Å². The summed E-state index contributed by atoms with van der Waals surface area (Å²) >= 11 is 7.47. The van der Waals surface area contributed by atoms with Crippen LogP contribution in [0.2, 0.25) is 5.15 Å². The summed E-state index contributed by atoms with van der Waals surface area (Å²) in [7, 11) is 0. The van der Waals surface area contributed by atoms with Crippen molar-refractivity contribution in [2.24, 2.45) is 0 Å². The van der Waals surface area contributed by atoms with Gasteiger partial charge in [-0.1, -0.05) is 11.6 Å². The Morgan fingerprint density at radius 2 is 2.35 bits per heavy atom. The number of hydrogen-bond acceptors (Lipinski definition) is 3. The van der Waals surface area contributed by atoms with Gasteiger partial charge in [0.05, 0.1) is 12.1 Å². The molecule has 2 heterocycles. The van der Waals surface area contributed by atoms with E-state index in [-0.39, 0.29) is 11.1 Å². The molecular weight excluding hydrogens is 256 g/mol. The summed E-state index contributed by atoms with van der Waals surface area (Å²) in [6, 6.07) is 5.38.